The molecule has 0 fully saturated rings. The zero-order valence-electron chi connectivity index (χ0n) is 23.1. The van der Waals surface area contributed by atoms with Crippen molar-refractivity contribution in [3.63, 3.8) is 0 Å². The molecule has 0 bridgehead atoms. The van der Waals surface area contributed by atoms with Crippen LogP contribution in [0.4, 0.5) is 5.69 Å². The molecular formula is C30H35IN4O4. The minimum absolute atomic E-state index is 0.0828. The number of anilines is 1. The van der Waals surface area contributed by atoms with Gasteiger partial charge in [-0.05, 0) is 61.9 Å². The molecule has 0 aromatic heterocycles. The number of allylic oxidation sites excluding steroid dienone is 1. The second-order valence-electron chi connectivity index (χ2n) is 10.5. The molecule has 0 saturated carbocycles. The lowest BCUT2D eigenvalue weighted by molar-refractivity contribution is 0.0696. The maximum atomic E-state index is 13.1. The highest BCUT2D eigenvalue weighted by molar-refractivity contribution is 14.1. The van der Waals surface area contributed by atoms with Crippen LogP contribution in [0.3, 0.4) is 0 Å². The summed E-state index contributed by atoms with van der Waals surface area (Å²) in [7, 11) is 7.85. The van der Waals surface area contributed by atoms with E-state index < -0.39 is 12.1 Å². The van der Waals surface area contributed by atoms with E-state index in [9.17, 15) is 14.7 Å². The molecule has 2 aromatic rings. The van der Waals surface area contributed by atoms with Crippen LogP contribution in [0.2, 0.25) is 0 Å². The smallest absolute Gasteiger partial charge is 0.336 e. The SMILES string of the molecule is CN(C)C1=CC2Oc3cc(N(C)C)ccc3C(c3cc(C(=O)NCCNC(C)(C)I)ccc3C(=O)O)=C2C=C1. The molecule has 3 N–H and O–H groups in total. The number of benzene rings is 2. The summed E-state index contributed by atoms with van der Waals surface area (Å²) in [5.41, 5.74) is 5.34. The van der Waals surface area contributed by atoms with Gasteiger partial charge >= 0.3 is 5.97 Å². The molecule has 4 rings (SSSR count). The molecule has 8 nitrogen and oxygen atoms in total. The van der Waals surface area contributed by atoms with Crippen molar-refractivity contribution in [3.8, 4) is 5.75 Å². The Morgan fingerprint density at radius 1 is 1.00 bits per heavy atom. The molecule has 0 radical (unpaired) electrons. The number of aromatic carboxylic acids is 1. The number of carboxylic acid groups (broad SMARTS) is 1. The third-order valence-electron chi connectivity index (χ3n) is 6.61. The number of amides is 1. The van der Waals surface area contributed by atoms with E-state index in [2.05, 4.69) is 47.1 Å². The number of rotatable bonds is 9. The van der Waals surface area contributed by atoms with E-state index in [0.29, 0.717) is 30.0 Å². The number of carboxylic acids is 1. The third-order valence-corrected chi connectivity index (χ3v) is 6.99. The average Bonchev–Trinajstić information content (AvgIpc) is 2.87. The zero-order valence-corrected chi connectivity index (χ0v) is 25.3. The van der Waals surface area contributed by atoms with Crippen LogP contribution in [0.5, 0.6) is 5.75 Å². The first-order valence-electron chi connectivity index (χ1n) is 12.8. The van der Waals surface area contributed by atoms with E-state index >= 15 is 0 Å². The van der Waals surface area contributed by atoms with Gasteiger partial charge in [0.25, 0.3) is 5.91 Å². The van der Waals surface area contributed by atoms with Gasteiger partial charge in [0.05, 0.1) is 9.11 Å². The molecule has 206 valence electrons. The van der Waals surface area contributed by atoms with Gasteiger partial charge < -0.3 is 30.3 Å². The Labute approximate surface area is 243 Å². The van der Waals surface area contributed by atoms with Gasteiger partial charge in [-0.2, -0.15) is 0 Å². The van der Waals surface area contributed by atoms with Gasteiger partial charge in [-0.1, -0.05) is 28.7 Å². The molecule has 0 saturated heterocycles. The highest BCUT2D eigenvalue weighted by Gasteiger charge is 2.32. The van der Waals surface area contributed by atoms with Crippen LogP contribution in [-0.4, -0.2) is 72.8 Å². The molecule has 1 atom stereocenters. The van der Waals surface area contributed by atoms with Gasteiger partial charge in [-0.3, -0.25) is 4.79 Å². The summed E-state index contributed by atoms with van der Waals surface area (Å²) in [5, 5.41) is 16.4. The van der Waals surface area contributed by atoms with Crippen molar-refractivity contribution in [1.82, 2.24) is 15.5 Å². The van der Waals surface area contributed by atoms with Gasteiger partial charge in [0.1, 0.15) is 11.9 Å². The molecule has 2 aliphatic rings. The lowest BCUT2D eigenvalue weighted by Crippen LogP contribution is -2.39. The van der Waals surface area contributed by atoms with Crippen molar-refractivity contribution in [1.29, 1.82) is 0 Å². The summed E-state index contributed by atoms with van der Waals surface area (Å²) < 4.78 is 6.37. The monoisotopic (exact) mass is 642 g/mol. The molecule has 1 aliphatic carbocycles. The Morgan fingerprint density at radius 3 is 2.38 bits per heavy atom. The van der Waals surface area contributed by atoms with E-state index in [1.54, 1.807) is 12.1 Å². The molecule has 9 heteroatoms. The highest BCUT2D eigenvalue weighted by atomic mass is 127. The predicted octanol–water partition coefficient (Wildman–Crippen LogP) is 4.52. The molecule has 1 aliphatic heterocycles. The second-order valence-corrected chi connectivity index (χ2v) is 13.2. The lowest BCUT2D eigenvalue weighted by Gasteiger charge is -2.33. The van der Waals surface area contributed by atoms with Crippen LogP contribution in [-0.2, 0) is 0 Å². The number of carbonyl (C=O) groups excluding carboxylic acids is 1. The summed E-state index contributed by atoms with van der Waals surface area (Å²) >= 11 is 2.30. The average molecular weight is 643 g/mol. The van der Waals surface area contributed by atoms with Gasteiger partial charge in [-0.25, -0.2) is 4.79 Å². The van der Waals surface area contributed by atoms with Crippen LogP contribution < -0.4 is 20.3 Å². The summed E-state index contributed by atoms with van der Waals surface area (Å²) in [6.07, 6.45) is 5.59. The number of halogens is 1. The van der Waals surface area contributed by atoms with Gasteiger partial charge in [-0.15, -0.1) is 0 Å². The second kappa shape index (κ2) is 11.4. The number of nitrogens with zero attached hydrogens (tertiary/aromatic N) is 2. The van der Waals surface area contributed by atoms with Crippen LogP contribution in [0.25, 0.3) is 5.57 Å². The van der Waals surface area contributed by atoms with Gasteiger partial charge in [0.2, 0.25) is 0 Å². The van der Waals surface area contributed by atoms with Crippen LogP contribution >= 0.6 is 22.6 Å². The number of hydrogen-bond acceptors (Lipinski definition) is 6. The minimum Gasteiger partial charge on any atom is -0.481 e. The van der Waals surface area contributed by atoms with Crippen molar-refractivity contribution in [2.75, 3.05) is 46.2 Å². The summed E-state index contributed by atoms with van der Waals surface area (Å²) in [4.78, 5) is 29.5. The Balaban J connectivity index is 1.82. The van der Waals surface area contributed by atoms with Gasteiger partial charge in [0, 0.05) is 81.0 Å². The van der Waals surface area contributed by atoms with Crippen LogP contribution in [0.15, 0.2) is 65.9 Å². The fraction of sp³-hybridized carbons (Fsp3) is 0.333. The molecule has 1 unspecified atom stereocenters. The molecule has 1 heterocycles. The quantitative estimate of drug-likeness (QED) is 0.160. The number of hydrogen-bond donors (Lipinski definition) is 3. The number of likely N-dealkylation sites (N-methyl/N-ethyl adjacent to an activating group) is 1. The number of nitrogens with one attached hydrogen (secondary N) is 2. The lowest BCUT2D eigenvalue weighted by atomic mass is 9.83. The highest BCUT2D eigenvalue weighted by Crippen LogP contribution is 2.44. The van der Waals surface area contributed by atoms with Crippen LogP contribution in [0.1, 0.15) is 45.7 Å². The first-order valence-corrected chi connectivity index (χ1v) is 13.8. The Morgan fingerprint density at radius 2 is 1.74 bits per heavy atom. The molecule has 0 spiro atoms. The molecule has 1 amide bonds. The standard InChI is InChI=1S/C30H35IN4O4/c1-30(2,31)33-14-13-32-28(36)18-7-10-21(29(37)38)24(15-18)27-22-11-8-19(34(3)4)16-25(22)39-26-17-20(35(5)6)9-12-23(26)27/h7-12,15-17,25,33H,13-14H2,1-6H3,(H,32,36)(H,37,38). The Hall–Kier alpha value is -3.31. The normalized spacial score (nSPS) is 16.1. The van der Waals surface area contributed by atoms with Crippen molar-refractivity contribution < 1.29 is 19.4 Å². The largest absolute Gasteiger partial charge is 0.481 e. The van der Waals surface area contributed by atoms with Crippen LogP contribution in [0, 0.1) is 0 Å². The maximum absolute atomic E-state index is 13.1. The molecule has 39 heavy (non-hydrogen) atoms. The number of ether oxygens (including phenoxy) is 1. The first-order chi connectivity index (χ1) is 18.4. The van der Waals surface area contributed by atoms with Crippen molar-refractivity contribution in [2.45, 2.75) is 23.5 Å². The number of carbonyl (C=O) groups is 2. The van der Waals surface area contributed by atoms with E-state index in [4.69, 9.17) is 4.74 Å². The van der Waals surface area contributed by atoms with Crippen molar-refractivity contribution in [2.24, 2.45) is 0 Å². The minimum atomic E-state index is -1.06. The first kappa shape index (κ1) is 28.7. The fourth-order valence-electron chi connectivity index (χ4n) is 4.59. The predicted molar refractivity (Wildman–Crippen MR) is 164 cm³/mol. The van der Waals surface area contributed by atoms with Crippen molar-refractivity contribution in [3.05, 3.63) is 88.2 Å². The summed E-state index contributed by atoms with van der Waals surface area (Å²) in [6.45, 7) is 5.17. The maximum Gasteiger partial charge on any atom is 0.336 e. The third kappa shape index (κ3) is 6.47. The van der Waals surface area contributed by atoms with E-state index in [1.807, 2.05) is 74.4 Å². The Kier molecular flexibility index (Phi) is 8.41. The van der Waals surface area contributed by atoms with Crippen molar-refractivity contribution >= 4 is 45.7 Å². The number of alkyl halides is 1. The van der Waals surface area contributed by atoms with E-state index in [0.717, 1.165) is 28.1 Å². The van der Waals surface area contributed by atoms with E-state index in [1.165, 1.54) is 6.07 Å². The molecule has 2 aromatic carbocycles. The summed E-state index contributed by atoms with van der Waals surface area (Å²) in [5.74, 6) is -0.654. The zero-order chi connectivity index (χ0) is 28.5. The summed E-state index contributed by atoms with van der Waals surface area (Å²) in [6, 6.07) is 10.7. The van der Waals surface area contributed by atoms with Gasteiger partial charge in [0.15, 0.2) is 0 Å². The molecular weight excluding hydrogens is 607 g/mol. The van der Waals surface area contributed by atoms with E-state index in [-0.39, 0.29) is 15.0 Å². The fourth-order valence-corrected chi connectivity index (χ4v) is 4.86. The topological polar surface area (TPSA) is 94.1 Å². The Bertz CT molecular complexity index is 1390. The number of fused-ring (bicyclic) bond motifs is 2.